The highest BCUT2D eigenvalue weighted by atomic mass is 35.5. The number of anilines is 1. The molecule has 0 saturated carbocycles. The molecule has 2 amide bonds. The van der Waals surface area contributed by atoms with E-state index in [0.717, 1.165) is 9.87 Å². The van der Waals surface area contributed by atoms with Gasteiger partial charge in [0.2, 0.25) is 15.9 Å². The Bertz CT molecular complexity index is 942. The SMILES string of the molecule is O=C(NCCc1ccc(Cl)cc1)c1cccc(N2C(=O)CCS2(=O)=O)c1. The zero-order valence-corrected chi connectivity index (χ0v) is 15.4. The Hall–Kier alpha value is -2.38. The van der Waals surface area contributed by atoms with Crippen LogP contribution in [0.25, 0.3) is 0 Å². The molecular weight excluding hydrogens is 376 g/mol. The summed E-state index contributed by atoms with van der Waals surface area (Å²) >= 11 is 5.83. The second kappa shape index (κ2) is 7.47. The van der Waals surface area contributed by atoms with Crippen molar-refractivity contribution in [1.82, 2.24) is 5.32 Å². The maximum absolute atomic E-state index is 12.3. The normalized spacial score (nSPS) is 15.9. The molecule has 1 heterocycles. The van der Waals surface area contributed by atoms with Crippen molar-refractivity contribution in [3.05, 3.63) is 64.7 Å². The van der Waals surface area contributed by atoms with Gasteiger partial charge in [0.15, 0.2) is 0 Å². The van der Waals surface area contributed by atoms with Gasteiger partial charge in [-0.1, -0.05) is 29.8 Å². The summed E-state index contributed by atoms with van der Waals surface area (Å²) in [5, 5.41) is 3.44. The lowest BCUT2D eigenvalue weighted by atomic mass is 10.1. The van der Waals surface area contributed by atoms with Crippen molar-refractivity contribution >= 4 is 39.1 Å². The zero-order valence-electron chi connectivity index (χ0n) is 13.8. The number of halogens is 1. The van der Waals surface area contributed by atoms with E-state index in [1.54, 1.807) is 24.3 Å². The number of rotatable bonds is 5. The van der Waals surface area contributed by atoms with Gasteiger partial charge in [0, 0.05) is 23.6 Å². The minimum atomic E-state index is -3.65. The Balaban J connectivity index is 1.67. The lowest BCUT2D eigenvalue weighted by molar-refractivity contribution is -0.116. The van der Waals surface area contributed by atoms with Gasteiger partial charge in [0.1, 0.15) is 0 Å². The van der Waals surface area contributed by atoms with E-state index in [2.05, 4.69) is 5.32 Å². The molecule has 0 bridgehead atoms. The van der Waals surface area contributed by atoms with E-state index in [9.17, 15) is 18.0 Å². The van der Waals surface area contributed by atoms with Gasteiger partial charge in [-0.2, -0.15) is 0 Å². The Morgan fingerprint density at radius 2 is 1.88 bits per heavy atom. The molecule has 0 atom stereocenters. The van der Waals surface area contributed by atoms with Crippen molar-refractivity contribution in [2.45, 2.75) is 12.8 Å². The van der Waals surface area contributed by atoms with Crippen molar-refractivity contribution in [2.75, 3.05) is 16.6 Å². The van der Waals surface area contributed by atoms with Crippen LogP contribution in [0, 0.1) is 0 Å². The quantitative estimate of drug-likeness (QED) is 0.846. The van der Waals surface area contributed by atoms with Crippen LogP contribution in [-0.2, 0) is 21.2 Å². The zero-order chi connectivity index (χ0) is 18.7. The Kier molecular flexibility index (Phi) is 5.29. The molecule has 8 heteroatoms. The van der Waals surface area contributed by atoms with E-state index in [0.29, 0.717) is 23.6 Å². The second-order valence-corrected chi connectivity index (χ2v) is 8.28. The number of nitrogens with zero attached hydrogens (tertiary/aromatic N) is 1. The highest BCUT2D eigenvalue weighted by Crippen LogP contribution is 2.25. The first-order valence-corrected chi connectivity index (χ1v) is 10.0. The Morgan fingerprint density at radius 3 is 2.54 bits per heavy atom. The van der Waals surface area contributed by atoms with Crippen molar-refractivity contribution in [3.63, 3.8) is 0 Å². The summed E-state index contributed by atoms with van der Waals surface area (Å²) in [6, 6.07) is 13.4. The summed E-state index contributed by atoms with van der Waals surface area (Å²) in [5.41, 5.74) is 1.53. The summed E-state index contributed by atoms with van der Waals surface area (Å²) in [7, 11) is -3.65. The fourth-order valence-corrected chi connectivity index (χ4v) is 4.29. The smallest absolute Gasteiger partial charge is 0.251 e. The minimum Gasteiger partial charge on any atom is -0.352 e. The molecule has 0 spiro atoms. The highest BCUT2D eigenvalue weighted by molar-refractivity contribution is 7.94. The van der Waals surface area contributed by atoms with Gasteiger partial charge >= 0.3 is 0 Å². The number of amides is 2. The predicted molar refractivity (Wildman–Crippen MR) is 99.8 cm³/mol. The molecule has 6 nitrogen and oxygen atoms in total. The maximum atomic E-state index is 12.3. The molecule has 0 unspecified atom stereocenters. The molecule has 2 aromatic carbocycles. The van der Waals surface area contributed by atoms with Crippen LogP contribution in [0.3, 0.4) is 0 Å². The molecule has 1 aliphatic heterocycles. The first kappa shape index (κ1) is 18.4. The second-order valence-electron chi connectivity index (χ2n) is 5.91. The van der Waals surface area contributed by atoms with Crippen LogP contribution in [-0.4, -0.2) is 32.5 Å². The molecule has 2 aromatic rings. The van der Waals surface area contributed by atoms with E-state index in [1.165, 1.54) is 12.1 Å². The number of sulfonamides is 1. The van der Waals surface area contributed by atoms with Gasteiger partial charge in [-0.3, -0.25) is 9.59 Å². The first-order chi connectivity index (χ1) is 12.4. The first-order valence-electron chi connectivity index (χ1n) is 8.05. The van der Waals surface area contributed by atoms with E-state index in [1.807, 2.05) is 12.1 Å². The van der Waals surface area contributed by atoms with Crippen molar-refractivity contribution in [2.24, 2.45) is 0 Å². The van der Waals surface area contributed by atoms with Crippen LogP contribution in [0.4, 0.5) is 5.69 Å². The van der Waals surface area contributed by atoms with Crippen molar-refractivity contribution in [3.8, 4) is 0 Å². The van der Waals surface area contributed by atoms with E-state index >= 15 is 0 Å². The molecule has 0 radical (unpaired) electrons. The Morgan fingerprint density at radius 1 is 1.15 bits per heavy atom. The molecule has 0 aliphatic carbocycles. The van der Waals surface area contributed by atoms with Crippen molar-refractivity contribution < 1.29 is 18.0 Å². The van der Waals surface area contributed by atoms with E-state index in [4.69, 9.17) is 11.6 Å². The summed E-state index contributed by atoms with van der Waals surface area (Å²) in [6.07, 6.45) is 0.599. The third kappa shape index (κ3) is 4.05. The monoisotopic (exact) mass is 392 g/mol. The van der Waals surface area contributed by atoms with Gasteiger partial charge < -0.3 is 5.32 Å². The topological polar surface area (TPSA) is 83.6 Å². The van der Waals surface area contributed by atoms with Crippen molar-refractivity contribution in [1.29, 1.82) is 0 Å². The molecule has 26 heavy (non-hydrogen) atoms. The lowest BCUT2D eigenvalue weighted by Crippen LogP contribution is -2.30. The van der Waals surface area contributed by atoms with Crippen LogP contribution in [0.1, 0.15) is 22.3 Å². The van der Waals surface area contributed by atoms with Gasteiger partial charge in [-0.15, -0.1) is 0 Å². The number of benzene rings is 2. The van der Waals surface area contributed by atoms with Crippen LogP contribution in [0.2, 0.25) is 5.02 Å². The summed E-state index contributed by atoms with van der Waals surface area (Å²) in [4.78, 5) is 24.2. The molecule has 136 valence electrons. The highest BCUT2D eigenvalue weighted by Gasteiger charge is 2.36. The minimum absolute atomic E-state index is 0.0418. The van der Waals surface area contributed by atoms with Crippen LogP contribution in [0.15, 0.2) is 48.5 Å². The number of carbonyl (C=O) groups excluding carboxylic acids is 2. The molecule has 0 aromatic heterocycles. The van der Waals surface area contributed by atoms with Gasteiger partial charge in [0.05, 0.1) is 11.4 Å². The fourth-order valence-electron chi connectivity index (χ4n) is 2.72. The van der Waals surface area contributed by atoms with E-state index < -0.39 is 15.9 Å². The number of nitrogens with one attached hydrogen (secondary N) is 1. The molecule has 1 aliphatic rings. The van der Waals surface area contributed by atoms with Crippen LogP contribution in [0.5, 0.6) is 0 Å². The van der Waals surface area contributed by atoms with Gasteiger partial charge in [-0.25, -0.2) is 12.7 Å². The predicted octanol–water partition coefficient (Wildman–Crippen LogP) is 2.38. The third-order valence-electron chi connectivity index (χ3n) is 4.03. The van der Waals surface area contributed by atoms with E-state index in [-0.39, 0.29) is 23.8 Å². The lowest BCUT2D eigenvalue weighted by Gasteiger charge is -2.15. The summed E-state index contributed by atoms with van der Waals surface area (Å²) in [5.74, 6) is -1.02. The van der Waals surface area contributed by atoms with Gasteiger partial charge in [0.25, 0.3) is 5.91 Å². The average Bonchev–Trinajstić information content (AvgIpc) is 2.89. The molecule has 1 N–H and O–H groups in total. The molecular formula is C18H17ClN2O4S. The molecule has 1 fully saturated rings. The van der Waals surface area contributed by atoms with Gasteiger partial charge in [-0.05, 0) is 42.3 Å². The number of hydrogen-bond donors (Lipinski definition) is 1. The van der Waals surface area contributed by atoms with Crippen LogP contribution < -0.4 is 9.62 Å². The summed E-state index contributed by atoms with van der Waals surface area (Å²) in [6.45, 7) is 0.422. The van der Waals surface area contributed by atoms with Crippen LogP contribution >= 0.6 is 11.6 Å². The third-order valence-corrected chi connectivity index (χ3v) is 5.98. The molecule has 3 rings (SSSR count). The maximum Gasteiger partial charge on any atom is 0.251 e. The Labute approximate surface area is 156 Å². The number of carbonyl (C=O) groups is 2. The largest absolute Gasteiger partial charge is 0.352 e. The standard InChI is InChI=1S/C18H17ClN2O4S/c19-15-6-4-13(5-7-15)8-10-20-18(23)14-2-1-3-16(12-14)21-17(22)9-11-26(21,24)25/h1-7,12H,8-11H2,(H,20,23). The fraction of sp³-hybridized carbons (Fsp3) is 0.222. The molecule has 1 saturated heterocycles. The summed E-state index contributed by atoms with van der Waals surface area (Å²) < 4.78 is 24.8. The average molecular weight is 393 g/mol. The number of hydrogen-bond acceptors (Lipinski definition) is 4.